The Morgan fingerprint density at radius 1 is 0.795 bits per heavy atom. The molecule has 1 N–H and O–H groups in total. The van der Waals surface area contributed by atoms with Crippen molar-refractivity contribution in [1.29, 1.82) is 0 Å². The third-order valence-corrected chi connectivity index (χ3v) is 10.1. The Morgan fingerprint density at radius 3 is 2.21 bits per heavy atom. The van der Waals surface area contributed by atoms with Crippen molar-refractivity contribution in [2.24, 2.45) is 4.40 Å². The molecule has 1 saturated heterocycles. The fourth-order valence-electron chi connectivity index (χ4n) is 4.82. The Hall–Kier alpha value is -4.06. The van der Waals surface area contributed by atoms with Crippen molar-refractivity contribution in [3.05, 3.63) is 102 Å². The molecule has 0 saturated carbocycles. The Labute approximate surface area is 226 Å². The summed E-state index contributed by atoms with van der Waals surface area (Å²) in [5, 5.41) is 4.85. The molecule has 2 heterocycles. The molecule has 0 atom stereocenters. The zero-order valence-corrected chi connectivity index (χ0v) is 22.3. The van der Waals surface area contributed by atoms with Gasteiger partial charge in [0.15, 0.2) is 5.84 Å². The lowest BCUT2D eigenvalue weighted by Gasteiger charge is -2.34. The summed E-state index contributed by atoms with van der Waals surface area (Å²) >= 11 is 0. The number of carbonyl (C=O) groups is 1. The summed E-state index contributed by atoms with van der Waals surface area (Å²) in [6.07, 6.45) is 0. The highest BCUT2D eigenvalue weighted by Crippen LogP contribution is 2.27. The lowest BCUT2D eigenvalue weighted by atomic mass is 10.1. The number of amides is 1. The summed E-state index contributed by atoms with van der Waals surface area (Å²) in [7, 11) is -7.42. The molecule has 6 rings (SSSR count). The van der Waals surface area contributed by atoms with Gasteiger partial charge in [0.1, 0.15) is 4.90 Å². The predicted molar refractivity (Wildman–Crippen MR) is 149 cm³/mol. The molecule has 198 valence electrons. The molecule has 0 aliphatic carbocycles. The van der Waals surface area contributed by atoms with Crippen LogP contribution in [-0.2, 0) is 20.0 Å². The first-order valence-corrected chi connectivity index (χ1v) is 15.2. The van der Waals surface area contributed by atoms with E-state index in [9.17, 15) is 21.6 Å². The fourth-order valence-corrected chi connectivity index (χ4v) is 7.45. The number of benzene rings is 4. The van der Waals surface area contributed by atoms with E-state index in [0.717, 1.165) is 10.8 Å². The van der Waals surface area contributed by atoms with E-state index in [4.69, 9.17) is 0 Å². The van der Waals surface area contributed by atoms with Crippen LogP contribution in [-0.4, -0.2) is 64.0 Å². The van der Waals surface area contributed by atoms with E-state index in [1.807, 2.05) is 24.3 Å². The van der Waals surface area contributed by atoms with Crippen molar-refractivity contribution >= 4 is 48.2 Å². The molecule has 1 fully saturated rings. The average Bonchev–Trinajstić information content (AvgIpc) is 3.22. The Kier molecular flexibility index (Phi) is 6.21. The molecule has 2 aliphatic rings. The zero-order valence-electron chi connectivity index (χ0n) is 20.7. The zero-order chi connectivity index (χ0) is 27.2. The second-order valence-corrected chi connectivity index (χ2v) is 12.8. The number of anilines is 1. The van der Waals surface area contributed by atoms with Gasteiger partial charge in [0, 0.05) is 43.0 Å². The summed E-state index contributed by atoms with van der Waals surface area (Å²) in [5.74, 6) is 0.0313. The van der Waals surface area contributed by atoms with Crippen LogP contribution < -0.4 is 5.32 Å². The largest absolute Gasteiger partial charge is 0.339 e. The molecule has 0 radical (unpaired) electrons. The van der Waals surface area contributed by atoms with Gasteiger partial charge in [0.05, 0.1) is 4.90 Å². The molecular formula is C28H24N4O5S2. The standard InChI is InChI=1S/C28H24N4O5S2/c33-28(21-9-12-23(13-10-21)29-27-25-7-3-4-8-26(25)38(34,35)30-27)31-15-17-32(18-16-31)39(36,37)24-14-11-20-5-1-2-6-22(20)19-24/h1-14,19H,15-18H2,(H,29,30). The highest BCUT2D eigenvalue weighted by atomic mass is 32.2. The highest BCUT2D eigenvalue weighted by Gasteiger charge is 2.31. The minimum absolute atomic E-state index is 0.154. The monoisotopic (exact) mass is 560 g/mol. The Morgan fingerprint density at radius 2 is 1.46 bits per heavy atom. The van der Waals surface area contributed by atoms with E-state index >= 15 is 0 Å². The van der Waals surface area contributed by atoms with E-state index < -0.39 is 20.0 Å². The third kappa shape index (κ3) is 4.69. The van der Waals surface area contributed by atoms with Crippen LogP contribution in [0.4, 0.5) is 5.69 Å². The SMILES string of the molecule is O=C(c1ccc(NC2=NS(=O)(=O)c3ccccc32)cc1)N1CCN(S(=O)(=O)c2ccc3ccccc3c2)CC1. The number of sulfonamides is 2. The molecule has 39 heavy (non-hydrogen) atoms. The predicted octanol–water partition coefficient (Wildman–Crippen LogP) is 3.55. The van der Waals surface area contributed by atoms with E-state index in [1.54, 1.807) is 65.6 Å². The summed E-state index contributed by atoms with van der Waals surface area (Å²) in [6.45, 7) is 0.955. The Bertz CT molecular complexity index is 1840. The minimum Gasteiger partial charge on any atom is -0.339 e. The summed E-state index contributed by atoms with van der Waals surface area (Å²) in [5.41, 5.74) is 1.53. The Balaban J connectivity index is 1.11. The summed E-state index contributed by atoms with van der Waals surface area (Å²) < 4.78 is 56.3. The molecule has 0 spiro atoms. The van der Waals surface area contributed by atoms with Gasteiger partial charge in [-0.1, -0.05) is 42.5 Å². The van der Waals surface area contributed by atoms with Gasteiger partial charge in [-0.15, -0.1) is 4.40 Å². The molecule has 2 aliphatic heterocycles. The minimum atomic E-state index is -3.74. The number of piperazine rings is 1. The maximum atomic E-state index is 13.2. The van der Waals surface area contributed by atoms with Crippen molar-refractivity contribution in [3.8, 4) is 0 Å². The normalized spacial score (nSPS) is 17.0. The molecule has 4 aromatic carbocycles. The van der Waals surface area contributed by atoms with E-state index in [0.29, 0.717) is 16.8 Å². The van der Waals surface area contributed by atoms with E-state index in [-0.39, 0.29) is 47.7 Å². The van der Waals surface area contributed by atoms with Gasteiger partial charge in [-0.05, 0) is 59.3 Å². The van der Waals surface area contributed by atoms with Crippen molar-refractivity contribution in [2.45, 2.75) is 9.79 Å². The lowest BCUT2D eigenvalue weighted by molar-refractivity contribution is 0.0698. The first-order chi connectivity index (χ1) is 18.7. The lowest BCUT2D eigenvalue weighted by Crippen LogP contribution is -2.50. The third-order valence-electron chi connectivity index (χ3n) is 6.91. The van der Waals surface area contributed by atoms with Crippen LogP contribution in [0.5, 0.6) is 0 Å². The number of rotatable bonds is 4. The van der Waals surface area contributed by atoms with Crippen LogP contribution in [0.3, 0.4) is 0 Å². The molecule has 0 unspecified atom stereocenters. The summed E-state index contributed by atoms with van der Waals surface area (Å²) in [6, 6.07) is 26.0. The maximum absolute atomic E-state index is 13.2. The van der Waals surface area contributed by atoms with Crippen molar-refractivity contribution < 1.29 is 21.6 Å². The molecule has 11 heteroatoms. The number of nitrogens with one attached hydrogen (secondary N) is 1. The van der Waals surface area contributed by atoms with Gasteiger partial charge in [-0.2, -0.15) is 12.7 Å². The van der Waals surface area contributed by atoms with Crippen LogP contribution in [0.25, 0.3) is 10.8 Å². The topological polar surface area (TPSA) is 116 Å². The van der Waals surface area contributed by atoms with Crippen LogP contribution in [0.1, 0.15) is 15.9 Å². The molecule has 0 bridgehead atoms. The van der Waals surface area contributed by atoms with Crippen LogP contribution in [0.2, 0.25) is 0 Å². The number of hydrogen-bond donors (Lipinski definition) is 1. The van der Waals surface area contributed by atoms with Gasteiger partial charge < -0.3 is 10.2 Å². The van der Waals surface area contributed by atoms with Gasteiger partial charge in [0.2, 0.25) is 10.0 Å². The smallest absolute Gasteiger partial charge is 0.285 e. The van der Waals surface area contributed by atoms with Crippen LogP contribution in [0, 0.1) is 0 Å². The van der Waals surface area contributed by atoms with Gasteiger partial charge in [-0.3, -0.25) is 4.79 Å². The van der Waals surface area contributed by atoms with Crippen molar-refractivity contribution in [3.63, 3.8) is 0 Å². The quantitative estimate of drug-likeness (QED) is 0.408. The van der Waals surface area contributed by atoms with Gasteiger partial charge in [0.25, 0.3) is 15.9 Å². The van der Waals surface area contributed by atoms with E-state index in [2.05, 4.69) is 9.71 Å². The number of hydrogen-bond acceptors (Lipinski definition) is 6. The fraction of sp³-hybridized carbons (Fsp3) is 0.143. The van der Waals surface area contributed by atoms with E-state index in [1.165, 1.54) is 10.4 Å². The molecule has 4 aromatic rings. The van der Waals surface area contributed by atoms with Gasteiger partial charge in [-0.25, -0.2) is 8.42 Å². The average molecular weight is 561 g/mol. The first-order valence-electron chi connectivity index (χ1n) is 12.3. The maximum Gasteiger partial charge on any atom is 0.285 e. The number of fused-ring (bicyclic) bond motifs is 2. The summed E-state index contributed by atoms with van der Waals surface area (Å²) in [4.78, 5) is 15.1. The molecule has 0 aromatic heterocycles. The van der Waals surface area contributed by atoms with Crippen LogP contribution >= 0.6 is 0 Å². The molecule has 9 nitrogen and oxygen atoms in total. The second kappa shape index (κ2) is 9.60. The molecular weight excluding hydrogens is 536 g/mol. The number of amidine groups is 1. The number of carbonyl (C=O) groups excluding carboxylic acids is 1. The van der Waals surface area contributed by atoms with Crippen molar-refractivity contribution in [2.75, 3.05) is 31.5 Å². The first kappa shape index (κ1) is 25.2. The second-order valence-electron chi connectivity index (χ2n) is 9.32. The molecule has 1 amide bonds. The highest BCUT2D eigenvalue weighted by molar-refractivity contribution is 7.90. The van der Waals surface area contributed by atoms with Crippen molar-refractivity contribution in [1.82, 2.24) is 9.21 Å². The number of nitrogens with zero attached hydrogens (tertiary/aromatic N) is 3. The van der Waals surface area contributed by atoms with Gasteiger partial charge >= 0.3 is 0 Å². The van der Waals surface area contributed by atoms with Crippen LogP contribution in [0.15, 0.2) is 105 Å².